The van der Waals surface area contributed by atoms with Crippen molar-refractivity contribution in [1.29, 1.82) is 0 Å². The second-order valence-electron chi connectivity index (χ2n) is 6.35. The van der Waals surface area contributed by atoms with Crippen LogP contribution in [0.1, 0.15) is 47.6 Å². The average Bonchev–Trinajstić information content (AvgIpc) is 2.62. The summed E-state index contributed by atoms with van der Waals surface area (Å²) in [5.74, 6) is 0.0969. The van der Waals surface area contributed by atoms with Gasteiger partial charge in [0, 0.05) is 18.3 Å². The molecule has 0 bridgehead atoms. The molecule has 2 rings (SSSR count). The molecule has 0 amide bonds. The van der Waals surface area contributed by atoms with Crippen LogP contribution in [0.15, 0.2) is 30.6 Å². The van der Waals surface area contributed by atoms with Gasteiger partial charge in [-0.25, -0.2) is 0 Å². The molecule has 26 heavy (non-hydrogen) atoms. The van der Waals surface area contributed by atoms with Gasteiger partial charge in [-0.1, -0.05) is 12.1 Å². The Morgan fingerprint density at radius 2 is 1.81 bits per heavy atom. The molecule has 1 atom stereocenters. The fourth-order valence-corrected chi connectivity index (χ4v) is 5.11. The molecule has 0 saturated carbocycles. The summed E-state index contributed by atoms with van der Waals surface area (Å²) in [6.45, 7) is 10.0. The fourth-order valence-electron chi connectivity index (χ4n) is 3.19. The van der Waals surface area contributed by atoms with Gasteiger partial charge in [0.25, 0.3) is 0 Å². The molecular formula is C20H28NO4P. The third-order valence-corrected chi connectivity index (χ3v) is 6.73. The van der Waals surface area contributed by atoms with Gasteiger partial charge in [0.05, 0.1) is 19.4 Å². The zero-order valence-electron chi connectivity index (χ0n) is 16.2. The van der Waals surface area contributed by atoms with E-state index < -0.39 is 7.60 Å². The molecule has 0 radical (unpaired) electrons. The van der Waals surface area contributed by atoms with E-state index in [2.05, 4.69) is 4.98 Å². The lowest BCUT2D eigenvalue weighted by molar-refractivity contribution is 0.219. The van der Waals surface area contributed by atoms with Crippen LogP contribution in [-0.4, -0.2) is 29.5 Å². The maximum Gasteiger partial charge on any atom is 0.331 e. The Balaban J connectivity index is 2.58. The maximum atomic E-state index is 13.2. The van der Waals surface area contributed by atoms with Gasteiger partial charge in [-0.05, 0) is 68.5 Å². The zero-order chi connectivity index (χ0) is 19.3. The smallest absolute Gasteiger partial charge is 0.331 e. The highest BCUT2D eigenvalue weighted by Gasteiger charge is 2.32. The van der Waals surface area contributed by atoms with E-state index in [9.17, 15) is 9.67 Å². The first-order chi connectivity index (χ1) is 12.3. The molecular weight excluding hydrogens is 349 g/mol. The molecule has 1 aromatic carbocycles. The van der Waals surface area contributed by atoms with E-state index in [1.54, 1.807) is 12.4 Å². The Morgan fingerprint density at radius 3 is 2.35 bits per heavy atom. The minimum Gasteiger partial charge on any atom is -0.507 e. The van der Waals surface area contributed by atoms with E-state index in [1.807, 2.05) is 52.8 Å². The molecule has 1 unspecified atom stereocenters. The number of hydrogen-bond acceptors (Lipinski definition) is 5. The zero-order valence-corrected chi connectivity index (χ0v) is 17.0. The van der Waals surface area contributed by atoms with Crippen LogP contribution in [0.25, 0.3) is 0 Å². The SMILES string of the molecule is CCOP(=O)(CC(c1cccnc1)c1cc(C)c(O)c(C)c1C)OCC. The van der Waals surface area contributed by atoms with Crippen LogP contribution in [0.4, 0.5) is 0 Å². The normalized spacial score (nSPS) is 13.0. The summed E-state index contributed by atoms with van der Waals surface area (Å²) in [6.07, 6.45) is 3.72. The molecule has 0 aliphatic carbocycles. The first kappa shape index (κ1) is 20.6. The van der Waals surface area contributed by atoms with E-state index in [0.717, 1.165) is 27.8 Å². The number of phenols is 1. The number of aromatic nitrogens is 1. The molecule has 0 fully saturated rings. The van der Waals surface area contributed by atoms with Gasteiger partial charge in [-0.3, -0.25) is 9.55 Å². The van der Waals surface area contributed by atoms with Gasteiger partial charge >= 0.3 is 7.60 Å². The number of hydrogen-bond donors (Lipinski definition) is 1. The predicted molar refractivity (Wildman–Crippen MR) is 104 cm³/mol. The van der Waals surface area contributed by atoms with E-state index >= 15 is 0 Å². The second-order valence-corrected chi connectivity index (χ2v) is 8.45. The van der Waals surface area contributed by atoms with Gasteiger partial charge in [-0.15, -0.1) is 0 Å². The maximum absolute atomic E-state index is 13.2. The third kappa shape index (κ3) is 4.53. The van der Waals surface area contributed by atoms with Crippen molar-refractivity contribution in [2.45, 2.75) is 40.5 Å². The largest absolute Gasteiger partial charge is 0.507 e. The lowest BCUT2D eigenvalue weighted by atomic mass is 9.87. The molecule has 0 aliphatic rings. The minimum atomic E-state index is -3.26. The van der Waals surface area contributed by atoms with Crippen LogP contribution in [-0.2, 0) is 13.6 Å². The summed E-state index contributed by atoms with van der Waals surface area (Å²) in [4.78, 5) is 4.22. The highest BCUT2D eigenvalue weighted by atomic mass is 31.2. The van der Waals surface area contributed by atoms with Crippen molar-refractivity contribution < 1.29 is 18.7 Å². The molecule has 0 aliphatic heterocycles. The van der Waals surface area contributed by atoms with Crippen molar-refractivity contribution in [1.82, 2.24) is 4.98 Å². The lowest BCUT2D eigenvalue weighted by Crippen LogP contribution is -2.13. The molecule has 1 heterocycles. The number of nitrogens with zero attached hydrogens (tertiary/aromatic N) is 1. The van der Waals surface area contributed by atoms with Gasteiger partial charge < -0.3 is 14.2 Å². The standard InChI is InChI=1S/C20H28NO4P/c1-6-24-26(23,25-7-2)13-19(17-9-8-10-21-12-17)18-11-14(3)20(22)16(5)15(18)4/h8-12,19,22H,6-7,13H2,1-5H3. The Hall–Kier alpha value is -1.68. The van der Waals surface area contributed by atoms with Crippen LogP contribution in [0.3, 0.4) is 0 Å². The van der Waals surface area contributed by atoms with Crippen LogP contribution < -0.4 is 0 Å². The molecule has 1 N–H and O–H groups in total. The Labute approximate surface area is 155 Å². The van der Waals surface area contributed by atoms with Crippen molar-refractivity contribution in [3.05, 3.63) is 58.4 Å². The summed E-state index contributed by atoms with van der Waals surface area (Å²) in [6, 6.07) is 5.79. The van der Waals surface area contributed by atoms with Crippen LogP contribution >= 0.6 is 7.60 Å². The van der Waals surface area contributed by atoms with Crippen molar-refractivity contribution in [2.24, 2.45) is 0 Å². The molecule has 1 aromatic heterocycles. The molecule has 5 nitrogen and oxygen atoms in total. The number of benzene rings is 1. The lowest BCUT2D eigenvalue weighted by Gasteiger charge is -2.26. The van der Waals surface area contributed by atoms with E-state index in [-0.39, 0.29) is 12.1 Å². The summed E-state index contributed by atoms with van der Waals surface area (Å²) in [7, 11) is -3.26. The summed E-state index contributed by atoms with van der Waals surface area (Å²) in [5.41, 5.74) is 4.54. The first-order valence-corrected chi connectivity index (χ1v) is 10.6. The number of aromatic hydroxyl groups is 1. The second kappa shape index (κ2) is 8.81. The Morgan fingerprint density at radius 1 is 1.15 bits per heavy atom. The predicted octanol–water partition coefficient (Wildman–Crippen LogP) is 5.11. The van der Waals surface area contributed by atoms with Crippen molar-refractivity contribution >= 4 is 7.60 Å². The Kier molecular flexibility index (Phi) is 6.99. The molecule has 6 heteroatoms. The van der Waals surface area contributed by atoms with Crippen LogP contribution in [0, 0.1) is 20.8 Å². The molecule has 142 valence electrons. The average molecular weight is 377 g/mol. The highest BCUT2D eigenvalue weighted by Crippen LogP contribution is 2.53. The van der Waals surface area contributed by atoms with Gasteiger partial charge in [0.1, 0.15) is 5.75 Å². The van der Waals surface area contributed by atoms with Crippen molar-refractivity contribution in [2.75, 3.05) is 19.4 Å². The van der Waals surface area contributed by atoms with E-state index in [1.165, 1.54) is 0 Å². The number of phenolic OH excluding ortho intramolecular Hbond substituents is 1. The fraction of sp³-hybridized carbons (Fsp3) is 0.450. The number of rotatable bonds is 8. The van der Waals surface area contributed by atoms with Crippen LogP contribution in [0.2, 0.25) is 0 Å². The summed E-state index contributed by atoms with van der Waals surface area (Å²) in [5, 5.41) is 10.2. The monoisotopic (exact) mass is 377 g/mol. The molecule has 0 spiro atoms. The van der Waals surface area contributed by atoms with Gasteiger partial charge in [0.15, 0.2) is 0 Å². The first-order valence-electron chi connectivity index (χ1n) is 8.90. The van der Waals surface area contributed by atoms with Gasteiger partial charge in [0.2, 0.25) is 0 Å². The Bertz CT molecular complexity index is 782. The van der Waals surface area contributed by atoms with E-state index in [0.29, 0.717) is 19.0 Å². The minimum absolute atomic E-state index is 0.203. The quantitative estimate of drug-likeness (QED) is 0.648. The number of aryl methyl sites for hydroxylation is 1. The van der Waals surface area contributed by atoms with Crippen LogP contribution in [0.5, 0.6) is 5.75 Å². The van der Waals surface area contributed by atoms with Crippen molar-refractivity contribution in [3.8, 4) is 5.75 Å². The van der Waals surface area contributed by atoms with E-state index in [4.69, 9.17) is 9.05 Å². The summed E-state index contributed by atoms with van der Waals surface area (Å²) < 4.78 is 24.3. The molecule has 2 aromatic rings. The van der Waals surface area contributed by atoms with Crippen molar-refractivity contribution in [3.63, 3.8) is 0 Å². The number of pyridine rings is 1. The third-order valence-electron chi connectivity index (χ3n) is 4.62. The topological polar surface area (TPSA) is 68.7 Å². The molecule has 0 saturated heterocycles. The summed E-state index contributed by atoms with van der Waals surface area (Å²) >= 11 is 0. The highest BCUT2D eigenvalue weighted by molar-refractivity contribution is 7.53. The van der Waals surface area contributed by atoms with Gasteiger partial charge in [-0.2, -0.15) is 0 Å².